The van der Waals surface area contributed by atoms with Crippen LogP contribution in [0.25, 0.3) is 0 Å². The van der Waals surface area contributed by atoms with Gasteiger partial charge in [0.15, 0.2) is 0 Å². The fourth-order valence-corrected chi connectivity index (χ4v) is 3.13. The molecule has 0 aliphatic rings. The highest BCUT2D eigenvalue weighted by atomic mass is 32.1. The van der Waals surface area contributed by atoms with E-state index in [9.17, 15) is 9.59 Å². The number of carboxylic acids is 1. The van der Waals surface area contributed by atoms with E-state index in [1.54, 1.807) is 11.3 Å². The fourth-order valence-electron chi connectivity index (χ4n) is 2.11. The molecule has 21 heavy (non-hydrogen) atoms. The number of thiophene rings is 1. The normalized spacial score (nSPS) is 12.0. The number of hydrogen-bond acceptors (Lipinski definition) is 4. The summed E-state index contributed by atoms with van der Waals surface area (Å²) < 4.78 is 0. The molecule has 0 saturated carbocycles. The number of nitrogens with one attached hydrogen (secondary N) is 1. The molecule has 0 aliphatic carbocycles. The minimum absolute atomic E-state index is 0.103. The Morgan fingerprint density at radius 1 is 1.29 bits per heavy atom. The first-order chi connectivity index (χ1) is 9.88. The first kappa shape index (κ1) is 15.2. The van der Waals surface area contributed by atoms with Crippen LogP contribution in [0.4, 0.5) is 0 Å². The van der Waals surface area contributed by atoms with Crippen molar-refractivity contribution in [2.75, 3.05) is 0 Å². The van der Waals surface area contributed by atoms with Gasteiger partial charge in [-0.05, 0) is 44.5 Å². The van der Waals surface area contributed by atoms with Gasteiger partial charge in [0.2, 0.25) is 0 Å². The SMILES string of the molecule is Cc1cc(C(C)NC(=O)c2cccc(C(=O)O)n2)c(C)s1. The highest BCUT2D eigenvalue weighted by molar-refractivity contribution is 7.12. The van der Waals surface area contributed by atoms with Gasteiger partial charge in [-0.1, -0.05) is 6.07 Å². The molecule has 2 N–H and O–H groups in total. The van der Waals surface area contributed by atoms with Gasteiger partial charge in [0.1, 0.15) is 11.4 Å². The molecule has 2 aromatic heterocycles. The van der Waals surface area contributed by atoms with Gasteiger partial charge in [0, 0.05) is 9.75 Å². The lowest BCUT2D eigenvalue weighted by molar-refractivity contribution is 0.0690. The second kappa shape index (κ2) is 6.05. The van der Waals surface area contributed by atoms with Crippen LogP contribution in [-0.2, 0) is 0 Å². The lowest BCUT2D eigenvalue weighted by atomic mass is 10.1. The fraction of sp³-hybridized carbons (Fsp3) is 0.267. The second-order valence-corrected chi connectivity index (χ2v) is 6.24. The van der Waals surface area contributed by atoms with Crippen molar-refractivity contribution in [3.63, 3.8) is 0 Å². The number of amides is 1. The molecule has 2 heterocycles. The van der Waals surface area contributed by atoms with Gasteiger partial charge in [-0.15, -0.1) is 11.3 Å². The summed E-state index contributed by atoms with van der Waals surface area (Å²) in [5.41, 5.74) is 1.03. The van der Waals surface area contributed by atoms with Crippen LogP contribution in [0.2, 0.25) is 0 Å². The van der Waals surface area contributed by atoms with Gasteiger partial charge in [-0.25, -0.2) is 9.78 Å². The first-order valence-electron chi connectivity index (χ1n) is 6.46. The number of aryl methyl sites for hydroxylation is 2. The summed E-state index contributed by atoms with van der Waals surface area (Å²) in [5.74, 6) is -1.53. The lowest BCUT2D eigenvalue weighted by Gasteiger charge is -2.13. The molecule has 2 rings (SSSR count). The number of aromatic nitrogens is 1. The Morgan fingerprint density at radius 2 is 1.95 bits per heavy atom. The summed E-state index contributed by atoms with van der Waals surface area (Å²) in [6.07, 6.45) is 0. The Bertz CT molecular complexity index is 694. The summed E-state index contributed by atoms with van der Waals surface area (Å²) in [6, 6.07) is 6.26. The largest absolute Gasteiger partial charge is 0.477 e. The minimum atomic E-state index is -1.15. The van der Waals surface area contributed by atoms with E-state index < -0.39 is 5.97 Å². The van der Waals surface area contributed by atoms with Crippen molar-refractivity contribution in [2.24, 2.45) is 0 Å². The molecule has 0 fully saturated rings. The third-order valence-corrected chi connectivity index (χ3v) is 4.08. The maximum absolute atomic E-state index is 12.2. The van der Waals surface area contributed by atoms with Crippen LogP contribution in [0.5, 0.6) is 0 Å². The van der Waals surface area contributed by atoms with E-state index in [-0.39, 0.29) is 23.3 Å². The number of carbonyl (C=O) groups is 2. The molecule has 5 nitrogen and oxygen atoms in total. The average molecular weight is 304 g/mol. The highest BCUT2D eigenvalue weighted by Gasteiger charge is 2.16. The topological polar surface area (TPSA) is 79.3 Å². The van der Waals surface area contributed by atoms with Crippen LogP contribution in [0, 0.1) is 13.8 Å². The van der Waals surface area contributed by atoms with Crippen molar-refractivity contribution in [2.45, 2.75) is 26.8 Å². The molecule has 0 spiro atoms. The molecule has 1 unspecified atom stereocenters. The van der Waals surface area contributed by atoms with Crippen LogP contribution < -0.4 is 5.32 Å². The monoisotopic (exact) mass is 304 g/mol. The van der Waals surface area contributed by atoms with Gasteiger partial charge in [0.25, 0.3) is 5.91 Å². The molecule has 0 aliphatic heterocycles. The van der Waals surface area contributed by atoms with Crippen molar-refractivity contribution in [1.29, 1.82) is 0 Å². The van der Waals surface area contributed by atoms with E-state index in [4.69, 9.17) is 5.11 Å². The molecule has 2 aromatic rings. The van der Waals surface area contributed by atoms with Crippen LogP contribution in [0.1, 0.15) is 49.3 Å². The predicted octanol–water partition coefficient (Wildman–Crippen LogP) is 2.95. The van der Waals surface area contributed by atoms with Crippen molar-refractivity contribution in [1.82, 2.24) is 10.3 Å². The Balaban J connectivity index is 2.16. The van der Waals surface area contributed by atoms with Crippen molar-refractivity contribution in [3.8, 4) is 0 Å². The van der Waals surface area contributed by atoms with E-state index in [0.717, 1.165) is 10.4 Å². The highest BCUT2D eigenvalue weighted by Crippen LogP contribution is 2.26. The van der Waals surface area contributed by atoms with Crippen molar-refractivity contribution >= 4 is 23.2 Å². The molecular formula is C15H16N2O3S. The van der Waals surface area contributed by atoms with Crippen molar-refractivity contribution < 1.29 is 14.7 Å². The van der Waals surface area contributed by atoms with Crippen LogP contribution in [-0.4, -0.2) is 22.0 Å². The lowest BCUT2D eigenvalue weighted by Crippen LogP contribution is -2.28. The van der Waals surface area contributed by atoms with Crippen LogP contribution in [0.3, 0.4) is 0 Å². The second-order valence-electron chi connectivity index (χ2n) is 4.78. The van der Waals surface area contributed by atoms with Gasteiger partial charge >= 0.3 is 5.97 Å². The number of carboxylic acid groups (broad SMARTS) is 1. The van der Waals surface area contributed by atoms with E-state index in [1.807, 2.05) is 26.8 Å². The molecule has 110 valence electrons. The van der Waals surface area contributed by atoms with Crippen LogP contribution >= 0.6 is 11.3 Å². The molecular weight excluding hydrogens is 288 g/mol. The van der Waals surface area contributed by atoms with Gasteiger partial charge < -0.3 is 10.4 Å². The van der Waals surface area contributed by atoms with Crippen molar-refractivity contribution in [3.05, 3.63) is 51.0 Å². The summed E-state index contributed by atoms with van der Waals surface area (Å²) in [5, 5.41) is 11.7. The third-order valence-electron chi connectivity index (χ3n) is 3.09. The summed E-state index contributed by atoms with van der Waals surface area (Å²) in [4.78, 5) is 29.2. The molecule has 0 saturated heterocycles. The molecule has 0 aromatic carbocycles. The van der Waals surface area contributed by atoms with E-state index in [1.165, 1.54) is 23.1 Å². The predicted molar refractivity (Wildman–Crippen MR) is 80.9 cm³/mol. The zero-order valence-corrected chi connectivity index (χ0v) is 12.8. The summed E-state index contributed by atoms with van der Waals surface area (Å²) >= 11 is 1.68. The van der Waals surface area contributed by atoms with Gasteiger partial charge in [-0.2, -0.15) is 0 Å². The number of carbonyl (C=O) groups excluding carboxylic acids is 1. The first-order valence-corrected chi connectivity index (χ1v) is 7.28. The number of hydrogen-bond donors (Lipinski definition) is 2. The standard InChI is InChI=1S/C15H16N2O3S/c1-8-7-11(10(3)21-8)9(2)16-14(18)12-5-4-6-13(17-12)15(19)20/h4-7,9H,1-3H3,(H,16,18)(H,19,20). The van der Waals surface area contributed by atoms with E-state index in [0.29, 0.717) is 0 Å². The Kier molecular flexibility index (Phi) is 4.37. The number of aromatic carboxylic acids is 1. The van der Waals surface area contributed by atoms with Crippen LogP contribution in [0.15, 0.2) is 24.3 Å². The summed E-state index contributed by atoms with van der Waals surface area (Å²) in [7, 11) is 0. The maximum Gasteiger partial charge on any atom is 0.354 e. The molecule has 1 atom stereocenters. The average Bonchev–Trinajstić information content (AvgIpc) is 2.77. The van der Waals surface area contributed by atoms with E-state index in [2.05, 4.69) is 10.3 Å². The number of pyridine rings is 1. The zero-order chi connectivity index (χ0) is 15.6. The molecule has 6 heteroatoms. The quantitative estimate of drug-likeness (QED) is 0.910. The Hall–Kier alpha value is -2.21. The third kappa shape index (κ3) is 3.46. The molecule has 1 amide bonds. The smallest absolute Gasteiger partial charge is 0.354 e. The van der Waals surface area contributed by atoms with Gasteiger partial charge in [-0.3, -0.25) is 4.79 Å². The zero-order valence-electron chi connectivity index (χ0n) is 12.0. The van der Waals surface area contributed by atoms with E-state index >= 15 is 0 Å². The maximum atomic E-state index is 12.2. The van der Waals surface area contributed by atoms with Gasteiger partial charge in [0.05, 0.1) is 6.04 Å². The Morgan fingerprint density at radius 3 is 2.52 bits per heavy atom. The molecule has 0 bridgehead atoms. The minimum Gasteiger partial charge on any atom is -0.477 e. The number of nitrogens with zero attached hydrogens (tertiary/aromatic N) is 1. The number of rotatable bonds is 4. The molecule has 0 radical (unpaired) electrons. The summed E-state index contributed by atoms with van der Waals surface area (Å²) in [6.45, 7) is 5.93. The Labute approximate surface area is 126 Å².